The molecule has 0 aliphatic heterocycles. The molecular weight excluding hydrogens is 358 g/mol. The zero-order valence-corrected chi connectivity index (χ0v) is 15.0. The van der Waals surface area contributed by atoms with Crippen molar-refractivity contribution in [3.05, 3.63) is 95.6 Å². The molecule has 0 saturated heterocycles. The highest BCUT2D eigenvalue weighted by atomic mass is 19.2. The topological polar surface area (TPSA) is 42.0 Å². The first kappa shape index (κ1) is 17.8. The number of amides is 1. The standard InChI is InChI=1S/C23H16F2N2O/c1-14-21(23(28)26-16-11-12-18(24)19(25)13-16)17-9-5-6-10-20(17)27-22(14)15-7-3-2-4-8-15/h2-13H,1H3,(H,26,28). The molecule has 4 rings (SSSR count). The Morgan fingerprint density at radius 1 is 0.893 bits per heavy atom. The molecule has 0 aliphatic carbocycles. The first-order chi connectivity index (χ1) is 13.5. The Morgan fingerprint density at radius 3 is 2.36 bits per heavy atom. The lowest BCUT2D eigenvalue weighted by Gasteiger charge is -2.15. The van der Waals surface area contributed by atoms with Gasteiger partial charge in [0, 0.05) is 22.7 Å². The number of halogens is 2. The monoisotopic (exact) mass is 374 g/mol. The highest BCUT2D eigenvalue weighted by molar-refractivity contribution is 6.14. The number of fused-ring (bicyclic) bond motifs is 1. The van der Waals surface area contributed by atoms with E-state index in [9.17, 15) is 13.6 Å². The molecule has 0 fully saturated rings. The number of carbonyl (C=O) groups excluding carboxylic acids is 1. The average Bonchev–Trinajstić information content (AvgIpc) is 2.71. The Labute approximate surface area is 160 Å². The summed E-state index contributed by atoms with van der Waals surface area (Å²) in [6.45, 7) is 1.84. The predicted octanol–water partition coefficient (Wildman–Crippen LogP) is 5.74. The minimum absolute atomic E-state index is 0.186. The third-order valence-corrected chi connectivity index (χ3v) is 4.59. The summed E-state index contributed by atoms with van der Waals surface area (Å²) >= 11 is 0. The molecule has 0 bridgehead atoms. The largest absolute Gasteiger partial charge is 0.322 e. The van der Waals surface area contributed by atoms with Gasteiger partial charge in [-0.25, -0.2) is 13.8 Å². The summed E-state index contributed by atoms with van der Waals surface area (Å²) in [6.07, 6.45) is 0. The van der Waals surface area contributed by atoms with Gasteiger partial charge in [-0.1, -0.05) is 48.5 Å². The van der Waals surface area contributed by atoms with Crippen molar-refractivity contribution in [3.63, 3.8) is 0 Å². The fourth-order valence-corrected chi connectivity index (χ4v) is 3.24. The molecule has 1 aromatic heterocycles. The molecule has 0 aliphatic rings. The van der Waals surface area contributed by atoms with E-state index in [-0.39, 0.29) is 5.69 Å². The molecule has 0 spiro atoms. The van der Waals surface area contributed by atoms with Gasteiger partial charge in [-0.15, -0.1) is 0 Å². The van der Waals surface area contributed by atoms with Crippen LogP contribution in [0.3, 0.4) is 0 Å². The third kappa shape index (κ3) is 3.22. The van der Waals surface area contributed by atoms with Crippen LogP contribution in [-0.4, -0.2) is 10.9 Å². The fraction of sp³-hybridized carbons (Fsp3) is 0.0435. The van der Waals surface area contributed by atoms with E-state index in [1.165, 1.54) is 6.07 Å². The normalized spacial score (nSPS) is 10.8. The predicted molar refractivity (Wildman–Crippen MR) is 106 cm³/mol. The van der Waals surface area contributed by atoms with Gasteiger partial charge in [-0.3, -0.25) is 4.79 Å². The fourth-order valence-electron chi connectivity index (χ4n) is 3.24. The van der Waals surface area contributed by atoms with E-state index in [1.807, 2.05) is 61.5 Å². The number of rotatable bonds is 3. The van der Waals surface area contributed by atoms with Crippen molar-refractivity contribution in [1.29, 1.82) is 0 Å². The summed E-state index contributed by atoms with van der Waals surface area (Å²) in [5, 5.41) is 3.36. The SMILES string of the molecule is Cc1c(-c2ccccc2)nc2ccccc2c1C(=O)Nc1ccc(F)c(F)c1. The molecule has 0 unspecified atom stereocenters. The van der Waals surface area contributed by atoms with Gasteiger partial charge in [0.15, 0.2) is 11.6 Å². The summed E-state index contributed by atoms with van der Waals surface area (Å²) in [5.74, 6) is -2.38. The van der Waals surface area contributed by atoms with Crippen LogP contribution < -0.4 is 5.32 Å². The first-order valence-electron chi connectivity index (χ1n) is 8.76. The van der Waals surface area contributed by atoms with Gasteiger partial charge in [0.2, 0.25) is 0 Å². The highest BCUT2D eigenvalue weighted by Gasteiger charge is 2.19. The van der Waals surface area contributed by atoms with E-state index in [2.05, 4.69) is 5.32 Å². The van der Waals surface area contributed by atoms with Crippen LogP contribution in [0.2, 0.25) is 0 Å². The summed E-state index contributed by atoms with van der Waals surface area (Å²) < 4.78 is 26.7. The maximum absolute atomic E-state index is 13.5. The Kier molecular flexibility index (Phi) is 4.57. The molecule has 4 aromatic rings. The van der Waals surface area contributed by atoms with Crippen LogP contribution in [0, 0.1) is 18.6 Å². The maximum Gasteiger partial charge on any atom is 0.256 e. The second kappa shape index (κ2) is 7.19. The summed E-state index contributed by atoms with van der Waals surface area (Å²) in [4.78, 5) is 17.8. The number of nitrogens with zero attached hydrogens (tertiary/aromatic N) is 1. The molecule has 3 aromatic carbocycles. The summed E-state index contributed by atoms with van der Waals surface area (Å²) in [7, 11) is 0. The van der Waals surface area contributed by atoms with Gasteiger partial charge in [0.25, 0.3) is 5.91 Å². The van der Waals surface area contributed by atoms with E-state index in [4.69, 9.17) is 4.98 Å². The summed E-state index contributed by atoms with van der Waals surface area (Å²) in [5.41, 5.74) is 3.63. The molecule has 1 heterocycles. The molecule has 1 N–H and O–H groups in total. The second-order valence-corrected chi connectivity index (χ2v) is 6.43. The first-order valence-corrected chi connectivity index (χ1v) is 8.76. The molecule has 1 amide bonds. The van der Waals surface area contributed by atoms with Crippen molar-refractivity contribution in [2.45, 2.75) is 6.92 Å². The summed E-state index contributed by atoms with van der Waals surface area (Å²) in [6, 6.07) is 20.2. The van der Waals surface area contributed by atoms with Crippen LogP contribution in [0.1, 0.15) is 15.9 Å². The smallest absolute Gasteiger partial charge is 0.256 e. The number of pyridine rings is 1. The quantitative estimate of drug-likeness (QED) is 0.497. The molecule has 28 heavy (non-hydrogen) atoms. The number of carbonyl (C=O) groups is 1. The number of hydrogen-bond acceptors (Lipinski definition) is 2. The second-order valence-electron chi connectivity index (χ2n) is 6.43. The van der Waals surface area contributed by atoms with Crippen LogP contribution >= 0.6 is 0 Å². The third-order valence-electron chi connectivity index (χ3n) is 4.59. The lowest BCUT2D eigenvalue weighted by atomic mass is 9.97. The average molecular weight is 374 g/mol. The van der Waals surface area contributed by atoms with E-state index in [0.717, 1.165) is 17.7 Å². The van der Waals surface area contributed by atoms with E-state index in [1.54, 1.807) is 0 Å². The lowest BCUT2D eigenvalue weighted by molar-refractivity contribution is 0.102. The van der Waals surface area contributed by atoms with Crippen LogP contribution in [0.15, 0.2) is 72.8 Å². The molecule has 0 radical (unpaired) electrons. The Bertz CT molecular complexity index is 1190. The highest BCUT2D eigenvalue weighted by Crippen LogP contribution is 2.30. The van der Waals surface area contributed by atoms with Crippen LogP contribution in [0.4, 0.5) is 14.5 Å². The van der Waals surface area contributed by atoms with Gasteiger partial charge in [0.1, 0.15) is 0 Å². The molecule has 3 nitrogen and oxygen atoms in total. The number of nitrogens with one attached hydrogen (secondary N) is 1. The Hall–Kier alpha value is -3.60. The van der Waals surface area contributed by atoms with Gasteiger partial charge < -0.3 is 5.32 Å². The van der Waals surface area contributed by atoms with E-state index < -0.39 is 17.5 Å². The van der Waals surface area contributed by atoms with Crippen molar-refractivity contribution in [1.82, 2.24) is 4.98 Å². The van der Waals surface area contributed by atoms with Crippen LogP contribution in [0.25, 0.3) is 22.2 Å². The zero-order chi connectivity index (χ0) is 19.7. The van der Waals surface area contributed by atoms with Crippen molar-refractivity contribution < 1.29 is 13.6 Å². The number of aromatic nitrogens is 1. The Morgan fingerprint density at radius 2 is 1.61 bits per heavy atom. The van der Waals surface area contributed by atoms with Gasteiger partial charge >= 0.3 is 0 Å². The van der Waals surface area contributed by atoms with Crippen molar-refractivity contribution >= 4 is 22.5 Å². The number of anilines is 1. The lowest BCUT2D eigenvalue weighted by Crippen LogP contribution is -2.15. The molecule has 5 heteroatoms. The van der Waals surface area contributed by atoms with Crippen LogP contribution in [-0.2, 0) is 0 Å². The maximum atomic E-state index is 13.5. The van der Waals surface area contributed by atoms with Gasteiger partial charge in [0.05, 0.1) is 16.8 Å². The zero-order valence-electron chi connectivity index (χ0n) is 15.0. The van der Waals surface area contributed by atoms with E-state index in [0.29, 0.717) is 27.7 Å². The molecule has 138 valence electrons. The number of hydrogen-bond donors (Lipinski definition) is 1. The van der Waals surface area contributed by atoms with Crippen molar-refractivity contribution in [3.8, 4) is 11.3 Å². The Balaban J connectivity index is 1.86. The van der Waals surface area contributed by atoms with Crippen molar-refractivity contribution in [2.75, 3.05) is 5.32 Å². The number of para-hydroxylation sites is 1. The number of benzene rings is 3. The van der Waals surface area contributed by atoms with E-state index >= 15 is 0 Å². The van der Waals surface area contributed by atoms with Crippen molar-refractivity contribution in [2.24, 2.45) is 0 Å². The molecule has 0 atom stereocenters. The minimum Gasteiger partial charge on any atom is -0.322 e. The van der Waals surface area contributed by atoms with Gasteiger partial charge in [-0.05, 0) is 30.7 Å². The molecular formula is C23H16F2N2O. The molecule has 0 saturated carbocycles. The van der Waals surface area contributed by atoms with Crippen LogP contribution in [0.5, 0.6) is 0 Å². The minimum atomic E-state index is -1.01. The van der Waals surface area contributed by atoms with Gasteiger partial charge in [-0.2, -0.15) is 0 Å².